The summed E-state index contributed by atoms with van der Waals surface area (Å²) in [7, 11) is 0. The Bertz CT molecular complexity index is 474. The van der Waals surface area contributed by atoms with Gasteiger partial charge >= 0.3 is 0 Å². The first-order valence-electron chi connectivity index (χ1n) is 10.1. The third-order valence-corrected chi connectivity index (χ3v) is 9.22. The van der Waals surface area contributed by atoms with E-state index in [0.717, 1.165) is 42.9 Å². The molecule has 4 saturated carbocycles. The molecule has 4 fully saturated rings. The highest BCUT2D eigenvalue weighted by molar-refractivity contribution is 5.50. The largest absolute Gasteiger partial charge is 0.393 e. The van der Waals surface area contributed by atoms with Crippen LogP contribution in [0.5, 0.6) is 0 Å². The normalized spacial score (nSPS) is 55.6. The zero-order valence-electron chi connectivity index (χ0n) is 15.0. The van der Waals surface area contributed by atoms with Crippen LogP contribution in [0.3, 0.4) is 0 Å². The van der Waals surface area contributed by atoms with Crippen molar-refractivity contribution in [1.29, 1.82) is 0 Å². The first kappa shape index (κ1) is 16.1. The summed E-state index contributed by atoms with van der Waals surface area (Å²) in [4.78, 5) is 11.1. The van der Waals surface area contributed by atoms with E-state index in [1.807, 2.05) is 0 Å². The zero-order valence-corrected chi connectivity index (χ0v) is 15.0. The smallest absolute Gasteiger partial charge is 0.120 e. The summed E-state index contributed by atoms with van der Waals surface area (Å²) < 4.78 is 0. The number of aliphatic hydroxyl groups excluding tert-OH is 1. The fourth-order valence-electron chi connectivity index (χ4n) is 7.85. The van der Waals surface area contributed by atoms with E-state index in [2.05, 4.69) is 13.8 Å². The number of hydrogen-bond acceptors (Lipinski definition) is 2. The average Bonchev–Trinajstić information content (AvgIpc) is 2.85. The van der Waals surface area contributed by atoms with Crippen LogP contribution in [0, 0.1) is 40.4 Å². The van der Waals surface area contributed by atoms with Gasteiger partial charge in [-0.25, -0.2) is 0 Å². The number of carbonyl (C=O) groups excluding carboxylic acids is 1. The highest BCUT2D eigenvalue weighted by atomic mass is 16.3. The maximum absolute atomic E-state index is 11.1. The predicted molar refractivity (Wildman–Crippen MR) is 91.9 cm³/mol. The van der Waals surface area contributed by atoms with Crippen molar-refractivity contribution in [2.24, 2.45) is 40.4 Å². The van der Waals surface area contributed by atoms with Crippen LogP contribution in [-0.2, 0) is 4.79 Å². The van der Waals surface area contributed by atoms with Crippen LogP contribution in [0.15, 0.2) is 0 Å². The Balaban J connectivity index is 1.59. The van der Waals surface area contributed by atoms with E-state index in [1.165, 1.54) is 51.2 Å². The molecule has 0 radical (unpaired) electrons. The molecule has 0 saturated heterocycles. The molecule has 4 aliphatic rings. The zero-order chi connectivity index (χ0) is 16.2. The molecule has 0 heterocycles. The third kappa shape index (κ3) is 2.27. The number of fused-ring (bicyclic) bond motifs is 5. The van der Waals surface area contributed by atoms with Gasteiger partial charge in [-0.15, -0.1) is 0 Å². The van der Waals surface area contributed by atoms with E-state index >= 15 is 0 Å². The molecule has 2 unspecified atom stereocenters. The maximum Gasteiger partial charge on any atom is 0.120 e. The Morgan fingerprint density at radius 1 is 0.957 bits per heavy atom. The van der Waals surface area contributed by atoms with E-state index < -0.39 is 0 Å². The van der Waals surface area contributed by atoms with Gasteiger partial charge in [-0.05, 0) is 98.2 Å². The summed E-state index contributed by atoms with van der Waals surface area (Å²) in [6.07, 6.45) is 13.3. The first-order chi connectivity index (χ1) is 11.0. The van der Waals surface area contributed by atoms with Crippen molar-refractivity contribution in [2.75, 3.05) is 0 Å². The monoisotopic (exact) mass is 318 g/mol. The highest BCUT2D eigenvalue weighted by Crippen LogP contribution is 2.67. The molecule has 23 heavy (non-hydrogen) atoms. The van der Waals surface area contributed by atoms with E-state index in [4.69, 9.17) is 0 Å². The fourth-order valence-corrected chi connectivity index (χ4v) is 7.85. The summed E-state index contributed by atoms with van der Waals surface area (Å²) in [5.74, 6) is 4.02. The van der Waals surface area contributed by atoms with Gasteiger partial charge in [-0.1, -0.05) is 13.8 Å². The van der Waals surface area contributed by atoms with Gasteiger partial charge in [0.05, 0.1) is 6.10 Å². The van der Waals surface area contributed by atoms with Crippen LogP contribution in [0.1, 0.15) is 78.1 Å². The van der Waals surface area contributed by atoms with E-state index in [9.17, 15) is 9.90 Å². The summed E-state index contributed by atoms with van der Waals surface area (Å²) in [6, 6.07) is 0. The second kappa shape index (κ2) is 5.58. The maximum atomic E-state index is 11.1. The molecule has 0 aliphatic heterocycles. The second-order valence-corrected chi connectivity index (χ2v) is 9.81. The summed E-state index contributed by atoms with van der Waals surface area (Å²) in [5, 5.41) is 10.1. The van der Waals surface area contributed by atoms with Crippen LogP contribution in [0.25, 0.3) is 0 Å². The van der Waals surface area contributed by atoms with Crippen molar-refractivity contribution in [1.82, 2.24) is 0 Å². The Hall–Kier alpha value is -0.370. The van der Waals surface area contributed by atoms with Crippen LogP contribution in [-0.4, -0.2) is 17.5 Å². The van der Waals surface area contributed by atoms with E-state index in [-0.39, 0.29) is 6.10 Å². The molecule has 4 aliphatic carbocycles. The van der Waals surface area contributed by atoms with E-state index in [0.29, 0.717) is 16.7 Å². The number of rotatable bonds is 2. The molecule has 1 N–H and O–H groups in total. The summed E-state index contributed by atoms with van der Waals surface area (Å²) in [6.45, 7) is 5.06. The van der Waals surface area contributed by atoms with Gasteiger partial charge in [0.25, 0.3) is 0 Å². The molecule has 0 aromatic carbocycles. The molecule has 2 nitrogen and oxygen atoms in total. The first-order valence-corrected chi connectivity index (χ1v) is 10.1. The van der Waals surface area contributed by atoms with Gasteiger partial charge in [0, 0.05) is 6.42 Å². The quantitative estimate of drug-likeness (QED) is 0.756. The number of carbonyl (C=O) groups is 1. The van der Waals surface area contributed by atoms with Crippen molar-refractivity contribution >= 4 is 6.29 Å². The predicted octanol–water partition coefficient (Wildman–Crippen LogP) is 4.60. The van der Waals surface area contributed by atoms with Gasteiger partial charge in [0.15, 0.2) is 0 Å². The Morgan fingerprint density at radius 2 is 1.70 bits per heavy atom. The third-order valence-electron chi connectivity index (χ3n) is 9.22. The number of aldehydes is 1. The molecule has 0 bridgehead atoms. The van der Waals surface area contributed by atoms with Gasteiger partial charge in [0.1, 0.15) is 6.29 Å². The second-order valence-electron chi connectivity index (χ2n) is 9.81. The Kier molecular flexibility index (Phi) is 3.91. The minimum Gasteiger partial charge on any atom is -0.393 e. The molecule has 0 aromatic rings. The lowest BCUT2D eigenvalue weighted by atomic mass is 9.44. The standard InChI is InChI=1S/C21H34O2/c1-20-11-8-19-17(18(20)6-4-14(20)9-12-22)5-3-15-13-16(23)7-10-21(15,19)2/h12,14-19,23H,3-11,13H2,1-2H3/t14-,15?,16?,17+,18+,19+,20-,21+/m1/s1. The minimum absolute atomic E-state index is 0.0399. The van der Waals surface area contributed by atoms with Crippen LogP contribution < -0.4 is 0 Å². The summed E-state index contributed by atoms with van der Waals surface area (Å²) >= 11 is 0. The van der Waals surface area contributed by atoms with Crippen molar-refractivity contribution in [3.05, 3.63) is 0 Å². The molecule has 8 atom stereocenters. The molecular weight excluding hydrogens is 284 g/mol. The minimum atomic E-state index is -0.0399. The molecule has 130 valence electrons. The molecule has 0 spiro atoms. The lowest BCUT2D eigenvalue weighted by Crippen LogP contribution is -2.53. The fraction of sp³-hybridized carbons (Fsp3) is 0.952. The lowest BCUT2D eigenvalue weighted by Gasteiger charge is -2.61. The van der Waals surface area contributed by atoms with Crippen LogP contribution >= 0.6 is 0 Å². The molecule has 4 rings (SSSR count). The summed E-state index contributed by atoms with van der Waals surface area (Å²) in [5.41, 5.74) is 0.908. The van der Waals surface area contributed by atoms with Gasteiger partial charge in [-0.2, -0.15) is 0 Å². The number of hydrogen-bond donors (Lipinski definition) is 1. The topological polar surface area (TPSA) is 37.3 Å². The van der Waals surface area contributed by atoms with Gasteiger partial charge < -0.3 is 9.90 Å². The average molecular weight is 319 g/mol. The van der Waals surface area contributed by atoms with Gasteiger partial charge in [-0.3, -0.25) is 0 Å². The van der Waals surface area contributed by atoms with Gasteiger partial charge in [0.2, 0.25) is 0 Å². The van der Waals surface area contributed by atoms with Crippen molar-refractivity contribution in [3.63, 3.8) is 0 Å². The van der Waals surface area contributed by atoms with Crippen LogP contribution in [0.2, 0.25) is 0 Å². The van der Waals surface area contributed by atoms with Crippen molar-refractivity contribution < 1.29 is 9.90 Å². The van der Waals surface area contributed by atoms with Crippen LogP contribution in [0.4, 0.5) is 0 Å². The van der Waals surface area contributed by atoms with E-state index in [1.54, 1.807) is 0 Å². The molecular formula is C21H34O2. The number of aliphatic hydroxyl groups is 1. The van der Waals surface area contributed by atoms with Crippen molar-refractivity contribution in [3.8, 4) is 0 Å². The van der Waals surface area contributed by atoms with Crippen molar-refractivity contribution in [2.45, 2.75) is 84.2 Å². The SMILES string of the molecule is C[C@]12CC[C@H]3[C@@H](CCC4CC(O)CC[C@@]43C)[C@@H]1CC[C@@H]2CC=O. The molecule has 0 amide bonds. The molecule has 2 heteroatoms. The Morgan fingerprint density at radius 3 is 2.48 bits per heavy atom. The lowest BCUT2D eigenvalue weighted by molar-refractivity contribution is -0.128. The Labute approximate surface area is 141 Å². The highest BCUT2D eigenvalue weighted by Gasteiger charge is 2.59. The molecule has 0 aromatic heterocycles.